The quantitative estimate of drug-likeness (QED) is 0.564. The zero-order chi connectivity index (χ0) is 22.9. The fraction of sp³-hybridized carbons (Fsp3) is 0.458. The van der Waals surface area contributed by atoms with Crippen LogP contribution in [-0.2, 0) is 33.6 Å². The van der Waals surface area contributed by atoms with E-state index in [1.807, 2.05) is 47.9 Å². The molecule has 1 fully saturated rings. The normalized spacial score (nSPS) is 16.3. The molecule has 174 valence electrons. The lowest BCUT2D eigenvalue weighted by Gasteiger charge is -2.25. The highest BCUT2D eigenvalue weighted by atomic mass is 32.2. The van der Waals surface area contributed by atoms with Crippen LogP contribution in [0.1, 0.15) is 45.8 Å². The molecule has 3 aromatic rings. The molecule has 1 amide bonds. The van der Waals surface area contributed by atoms with Crippen molar-refractivity contribution in [2.24, 2.45) is 14.1 Å². The predicted molar refractivity (Wildman–Crippen MR) is 130 cm³/mol. The Morgan fingerprint density at radius 3 is 2.85 bits per heavy atom. The zero-order valence-corrected chi connectivity index (χ0v) is 20.4. The number of nitrogens with zero attached hydrogens (tertiary/aromatic N) is 6. The maximum atomic E-state index is 13.1. The summed E-state index contributed by atoms with van der Waals surface area (Å²) in [5, 5.41) is 7.51. The molecule has 0 spiro atoms. The Morgan fingerprint density at radius 1 is 1.21 bits per heavy atom. The van der Waals surface area contributed by atoms with E-state index in [9.17, 15) is 4.79 Å². The van der Waals surface area contributed by atoms with Crippen LogP contribution in [0.3, 0.4) is 0 Å². The maximum Gasteiger partial charge on any atom is 0.268 e. The second-order valence-corrected chi connectivity index (χ2v) is 9.98. The van der Waals surface area contributed by atoms with Crippen LogP contribution >= 0.6 is 11.9 Å². The third-order valence-electron chi connectivity index (χ3n) is 6.75. The summed E-state index contributed by atoms with van der Waals surface area (Å²) in [6.07, 6.45) is 7.18. The molecule has 0 unspecified atom stereocenters. The Kier molecular flexibility index (Phi) is 6.16. The number of carbonyl (C=O) groups is 1. The van der Waals surface area contributed by atoms with Crippen LogP contribution < -0.4 is 10.2 Å². The highest BCUT2D eigenvalue weighted by Crippen LogP contribution is 2.32. The lowest BCUT2D eigenvalue weighted by Crippen LogP contribution is -2.27. The van der Waals surface area contributed by atoms with E-state index in [1.54, 1.807) is 11.9 Å². The molecule has 3 aromatic heterocycles. The van der Waals surface area contributed by atoms with Crippen molar-refractivity contribution in [3.8, 4) is 0 Å². The average molecular weight is 466 g/mol. The van der Waals surface area contributed by atoms with E-state index in [2.05, 4.69) is 37.6 Å². The first-order chi connectivity index (χ1) is 16.0. The lowest BCUT2D eigenvalue weighted by atomic mass is 10.1. The van der Waals surface area contributed by atoms with Gasteiger partial charge in [-0.2, -0.15) is 5.10 Å². The minimum atomic E-state index is -0.0585. The van der Waals surface area contributed by atoms with Gasteiger partial charge in [-0.1, -0.05) is 6.07 Å². The number of aryl methyl sites for hydroxylation is 1. The average Bonchev–Trinajstić information content (AvgIpc) is 3.55. The van der Waals surface area contributed by atoms with Gasteiger partial charge in [0.1, 0.15) is 11.5 Å². The van der Waals surface area contributed by atoms with Gasteiger partial charge in [-0.25, -0.2) is 9.29 Å². The summed E-state index contributed by atoms with van der Waals surface area (Å²) in [6.45, 7) is 6.45. The number of fused-ring (bicyclic) bond motifs is 1. The van der Waals surface area contributed by atoms with Gasteiger partial charge >= 0.3 is 0 Å². The van der Waals surface area contributed by atoms with Crippen molar-refractivity contribution in [1.82, 2.24) is 29.0 Å². The van der Waals surface area contributed by atoms with Gasteiger partial charge in [0.05, 0.1) is 6.20 Å². The SMILES string of the molecule is Cc1c(SN2CCc3c(cnn3C)C2)cc(C(=O)NCc2cccnc2N2CCCC2)n1C. The Balaban J connectivity index is 1.26. The third-order valence-corrected chi connectivity index (χ3v) is 7.93. The number of anilines is 1. The molecule has 5 heterocycles. The molecular weight excluding hydrogens is 434 g/mol. The summed E-state index contributed by atoms with van der Waals surface area (Å²) >= 11 is 1.73. The molecule has 0 aliphatic carbocycles. The molecule has 9 heteroatoms. The molecule has 8 nitrogen and oxygen atoms in total. The number of amides is 1. The molecule has 0 radical (unpaired) electrons. The molecule has 0 aromatic carbocycles. The number of pyridine rings is 1. The predicted octanol–water partition coefficient (Wildman–Crippen LogP) is 3.06. The Morgan fingerprint density at radius 2 is 2.03 bits per heavy atom. The second kappa shape index (κ2) is 9.23. The van der Waals surface area contributed by atoms with Crippen LogP contribution in [-0.4, -0.2) is 49.2 Å². The van der Waals surface area contributed by atoms with Gasteiger partial charge in [0.15, 0.2) is 0 Å². The Hall–Kier alpha value is -2.78. The summed E-state index contributed by atoms with van der Waals surface area (Å²) in [5.74, 6) is 0.936. The van der Waals surface area contributed by atoms with Crippen molar-refractivity contribution in [2.45, 2.75) is 44.2 Å². The van der Waals surface area contributed by atoms with E-state index in [0.29, 0.717) is 12.2 Å². The summed E-state index contributed by atoms with van der Waals surface area (Å²) in [7, 11) is 3.97. The molecule has 2 aliphatic heterocycles. The van der Waals surface area contributed by atoms with Gasteiger partial charge in [0.2, 0.25) is 0 Å². The minimum Gasteiger partial charge on any atom is -0.356 e. The number of aromatic nitrogens is 4. The molecule has 0 saturated carbocycles. The molecule has 0 atom stereocenters. The first-order valence-corrected chi connectivity index (χ1v) is 12.3. The summed E-state index contributed by atoms with van der Waals surface area (Å²) in [5.41, 5.74) is 5.45. The Bertz CT molecular complexity index is 1160. The van der Waals surface area contributed by atoms with E-state index in [4.69, 9.17) is 0 Å². The zero-order valence-electron chi connectivity index (χ0n) is 19.5. The first-order valence-electron chi connectivity index (χ1n) is 11.6. The van der Waals surface area contributed by atoms with E-state index in [1.165, 1.54) is 24.1 Å². The van der Waals surface area contributed by atoms with Crippen LogP contribution in [0.2, 0.25) is 0 Å². The Labute approximate surface area is 199 Å². The largest absolute Gasteiger partial charge is 0.356 e. The summed E-state index contributed by atoms with van der Waals surface area (Å²) in [4.78, 5) is 21.1. The first kappa shape index (κ1) is 22.0. The van der Waals surface area contributed by atoms with Crippen molar-refractivity contribution in [3.63, 3.8) is 0 Å². The molecule has 5 rings (SSSR count). The molecule has 0 bridgehead atoms. The number of carbonyl (C=O) groups excluding carboxylic acids is 1. The van der Waals surface area contributed by atoms with Gasteiger partial charge in [0, 0.05) is 86.8 Å². The van der Waals surface area contributed by atoms with Crippen LogP contribution in [0.4, 0.5) is 5.82 Å². The van der Waals surface area contributed by atoms with Crippen LogP contribution in [0, 0.1) is 6.92 Å². The third kappa shape index (κ3) is 4.39. The van der Waals surface area contributed by atoms with E-state index in [0.717, 1.165) is 54.6 Å². The summed E-state index contributed by atoms with van der Waals surface area (Å²) < 4.78 is 6.32. The van der Waals surface area contributed by atoms with Gasteiger partial charge in [-0.05, 0) is 43.8 Å². The summed E-state index contributed by atoms with van der Waals surface area (Å²) in [6, 6.07) is 6.01. The van der Waals surface area contributed by atoms with Crippen LogP contribution in [0.5, 0.6) is 0 Å². The van der Waals surface area contributed by atoms with Crippen LogP contribution in [0.25, 0.3) is 0 Å². The van der Waals surface area contributed by atoms with Crippen molar-refractivity contribution in [2.75, 3.05) is 24.5 Å². The fourth-order valence-electron chi connectivity index (χ4n) is 4.71. The number of rotatable bonds is 6. The fourth-order valence-corrected chi connectivity index (χ4v) is 5.81. The van der Waals surface area contributed by atoms with Crippen molar-refractivity contribution in [3.05, 3.63) is 58.8 Å². The highest BCUT2D eigenvalue weighted by molar-refractivity contribution is 7.97. The second-order valence-electron chi connectivity index (χ2n) is 8.85. The lowest BCUT2D eigenvalue weighted by molar-refractivity contribution is 0.0942. The number of hydrogen-bond acceptors (Lipinski definition) is 6. The van der Waals surface area contributed by atoms with Crippen molar-refractivity contribution >= 4 is 23.7 Å². The van der Waals surface area contributed by atoms with E-state index in [-0.39, 0.29) is 5.91 Å². The molecular formula is C24H31N7OS. The molecule has 33 heavy (non-hydrogen) atoms. The smallest absolute Gasteiger partial charge is 0.268 e. The maximum absolute atomic E-state index is 13.1. The molecule has 1 N–H and O–H groups in total. The van der Waals surface area contributed by atoms with Gasteiger partial charge in [-0.3, -0.25) is 9.48 Å². The minimum absolute atomic E-state index is 0.0585. The van der Waals surface area contributed by atoms with E-state index < -0.39 is 0 Å². The number of nitrogens with one attached hydrogen (secondary N) is 1. The highest BCUT2D eigenvalue weighted by Gasteiger charge is 2.23. The standard InChI is InChI=1S/C24H31N7OS/c1-17-22(33-31-12-8-20-19(16-31)15-27-29(20)3)13-21(28(17)2)24(32)26-14-18-7-6-9-25-23(18)30-10-4-5-11-30/h6-7,9,13,15H,4-5,8,10-12,14,16H2,1-3H3,(H,26,32). The van der Waals surface area contributed by atoms with Gasteiger partial charge in [-0.15, -0.1) is 0 Å². The van der Waals surface area contributed by atoms with Gasteiger partial charge in [0.25, 0.3) is 5.91 Å². The van der Waals surface area contributed by atoms with Gasteiger partial charge < -0.3 is 14.8 Å². The van der Waals surface area contributed by atoms with Crippen molar-refractivity contribution < 1.29 is 4.79 Å². The van der Waals surface area contributed by atoms with Crippen molar-refractivity contribution in [1.29, 1.82) is 0 Å². The number of hydrogen-bond donors (Lipinski definition) is 1. The monoisotopic (exact) mass is 465 g/mol. The van der Waals surface area contributed by atoms with Crippen LogP contribution in [0.15, 0.2) is 35.5 Å². The molecule has 1 saturated heterocycles. The topological polar surface area (TPSA) is 71.2 Å². The van der Waals surface area contributed by atoms with E-state index >= 15 is 0 Å². The molecule has 2 aliphatic rings.